The van der Waals surface area contributed by atoms with Crippen LogP contribution in [0.5, 0.6) is 0 Å². The first kappa shape index (κ1) is 13.3. The molecule has 94 valence electrons. The largest absolute Gasteiger partial charge is 0.361 e. The van der Waals surface area contributed by atoms with Gasteiger partial charge in [-0.05, 0) is 24.6 Å². The van der Waals surface area contributed by atoms with Crippen molar-refractivity contribution in [1.82, 2.24) is 5.43 Å². The van der Waals surface area contributed by atoms with Crippen LogP contribution in [0.4, 0.5) is 5.69 Å². The van der Waals surface area contributed by atoms with E-state index in [1.807, 2.05) is 5.43 Å². The van der Waals surface area contributed by atoms with Crippen molar-refractivity contribution in [3.05, 3.63) is 39.9 Å². The number of non-ortho nitro benzene ring substituents is 1. The molecule has 1 aromatic carbocycles. The zero-order valence-corrected chi connectivity index (χ0v) is 9.41. The van der Waals surface area contributed by atoms with Crippen LogP contribution in [-0.4, -0.2) is 22.4 Å². The summed E-state index contributed by atoms with van der Waals surface area (Å²) in [5.74, 6) is -2.17. The molecule has 0 aliphatic rings. The molecule has 8 heteroatoms. The number of carbonyl (C=O) groups is 2. The summed E-state index contributed by atoms with van der Waals surface area (Å²) in [6.45, 7) is 1.57. The van der Waals surface area contributed by atoms with Crippen molar-refractivity contribution in [1.29, 1.82) is 0 Å². The maximum atomic E-state index is 10.8. The number of primary amides is 1. The van der Waals surface area contributed by atoms with Crippen LogP contribution in [0.15, 0.2) is 29.4 Å². The number of nitro benzene ring substituents is 1. The monoisotopic (exact) mass is 250 g/mol. The predicted molar refractivity (Wildman–Crippen MR) is 62.6 cm³/mol. The first-order valence-electron chi connectivity index (χ1n) is 4.80. The fraction of sp³-hybridized carbons (Fsp3) is 0.100. The van der Waals surface area contributed by atoms with Gasteiger partial charge in [0.05, 0.1) is 10.6 Å². The van der Waals surface area contributed by atoms with E-state index in [1.54, 1.807) is 6.92 Å². The van der Waals surface area contributed by atoms with Gasteiger partial charge >= 0.3 is 11.8 Å². The van der Waals surface area contributed by atoms with E-state index in [0.717, 1.165) is 0 Å². The second-order valence-electron chi connectivity index (χ2n) is 3.31. The normalized spacial score (nSPS) is 10.8. The van der Waals surface area contributed by atoms with Crippen molar-refractivity contribution >= 4 is 23.2 Å². The van der Waals surface area contributed by atoms with Gasteiger partial charge in [0.1, 0.15) is 0 Å². The van der Waals surface area contributed by atoms with Gasteiger partial charge in [0, 0.05) is 12.1 Å². The Labute approximate surface area is 102 Å². The van der Waals surface area contributed by atoms with Crippen molar-refractivity contribution in [3.63, 3.8) is 0 Å². The minimum atomic E-state index is -1.14. The highest BCUT2D eigenvalue weighted by atomic mass is 16.6. The molecular weight excluding hydrogens is 240 g/mol. The summed E-state index contributed by atoms with van der Waals surface area (Å²) in [6, 6.07) is 5.58. The summed E-state index contributed by atoms with van der Waals surface area (Å²) in [5.41, 5.74) is 7.59. The van der Waals surface area contributed by atoms with Crippen LogP contribution in [0.1, 0.15) is 12.5 Å². The van der Waals surface area contributed by atoms with E-state index in [4.69, 9.17) is 5.73 Å². The van der Waals surface area contributed by atoms with Gasteiger partial charge in [-0.3, -0.25) is 19.7 Å². The van der Waals surface area contributed by atoms with Crippen molar-refractivity contribution in [2.24, 2.45) is 10.8 Å². The highest BCUT2D eigenvalue weighted by Gasteiger charge is 2.08. The smallest absolute Gasteiger partial charge is 0.329 e. The third-order valence-electron chi connectivity index (χ3n) is 2.04. The lowest BCUT2D eigenvalue weighted by atomic mass is 10.1. The number of amides is 2. The Hall–Kier alpha value is -2.77. The fourth-order valence-electron chi connectivity index (χ4n) is 1.08. The van der Waals surface area contributed by atoms with Crippen molar-refractivity contribution < 1.29 is 14.5 Å². The molecule has 1 aromatic rings. The maximum Gasteiger partial charge on any atom is 0.329 e. The Morgan fingerprint density at radius 3 is 2.33 bits per heavy atom. The van der Waals surface area contributed by atoms with Gasteiger partial charge in [0.2, 0.25) is 0 Å². The number of nitro groups is 1. The Morgan fingerprint density at radius 2 is 1.89 bits per heavy atom. The Bertz CT molecular complexity index is 521. The summed E-state index contributed by atoms with van der Waals surface area (Å²) < 4.78 is 0. The number of nitrogens with zero attached hydrogens (tertiary/aromatic N) is 2. The summed E-state index contributed by atoms with van der Waals surface area (Å²) >= 11 is 0. The molecule has 0 fully saturated rings. The highest BCUT2D eigenvalue weighted by Crippen LogP contribution is 2.12. The molecule has 0 unspecified atom stereocenters. The molecule has 0 aromatic heterocycles. The van der Waals surface area contributed by atoms with Crippen molar-refractivity contribution in [2.45, 2.75) is 6.92 Å². The molecule has 2 amide bonds. The third-order valence-corrected chi connectivity index (χ3v) is 2.04. The predicted octanol–water partition coefficient (Wildman–Crippen LogP) is -0.0797. The lowest BCUT2D eigenvalue weighted by Crippen LogP contribution is -2.33. The molecule has 18 heavy (non-hydrogen) atoms. The van der Waals surface area contributed by atoms with Gasteiger partial charge in [-0.1, -0.05) is 0 Å². The minimum Gasteiger partial charge on any atom is -0.361 e. The van der Waals surface area contributed by atoms with Crippen LogP contribution in [0.25, 0.3) is 0 Å². The van der Waals surface area contributed by atoms with E-state index in [9.17, 15) is 19.7 Å². The third kappa shape index (κ3) is 3.37. The number of rotatable bonds is 3. The number of benzene rings is 1. The maximum absolute atomic E-state index is 10.8. The molecule has 0 radical (unpaired) electrons. The van der Waals surface area contributed by atoms with Crippen molar-refractivity contribution in [3.8, 4) is 0 Å². The lowest BCUT2D eigenvalue weighted by Gasteiger charge is -2.00. The van der Waals surface area contributed by atoms with Gasteiger partial charge in [0.15, 0.2) is 0 Å². The van der Waals surface area contributed by atoms with E-state index < -0.39 is 16.7 Å². The van der Waals surface area contributed by atoms with Crippen LogP contribution in [0, 0.1) is 10.1 Å². The van der Waals surface area contributed by atoms with Gasteiger partial charge in [-0.15, -0.1) is 0 Å². The van der Waals surface area contributed by atoms with Gasteiger partial charge in [0.25, 0.3) is 5.69 Å². The van der Waals surface area contributed by atoms with Crippen LogP contribution in [0.3, 0.4) is 0 Å². The standard InChI is InChI=1S/C10H10N4O4/c1-6(12-13-10(16)9(11)15)7-2-4-8(5-3-7)14(17)18/h2-5H,1H3,(H2,11,15)(H,13,16)/b12-6+. The Kier molecular flexibility index (Phi) is 4.08. The molecule has 3 N–H and O–H groups in total. The second kappa shape index (κ2) is 5.53. The molecule has 0 aliphatic heterocycles. The average Bonchev–Trinajstić information content (AvgIpc) is 2.35. The van der Waals surface area contributed by atoms with E-state index in [0.29, 0.717) is 11.3 Å². The van der Waals surface area contributed by atoms with Gasteiger partial charge in [-0.2, -0.15) is 5.10 Å². The quantitative estimate of drug-likeness (QED) is 0.336. The molecule has 0 heterocycles. The summed E-state index contributed by atoms with van der Waals surface area (Å²) in [7, 11) is 0. The average molecular weight is 250 g/mol. The SMILES string of the molecule is C/C(=N\NC(=O)C(N)=O)c1ccc([N+](=O)[O-])cc1. The van der Waals surface area contributed by atoms with Crippen molar-refractivity contribution in [2.75, 3.05) is 0 Å². The van der Waals surface area contributed by atoms with Gasteiger partial charge < -0.3 is 5.73 Å². The van der Waals surface area contributed by atoms with E-state index in [-0.39, 0.29) is 5.69 Å². The summed E-state index contributed by atoms with van der Waals surface area (Å²) in [6.07, 6.45) is 0. The molecule has 0 atom stereocenters. The zero-order chi connectivity index (χ0) is 13.7. The van der Waals surface area contributed by atoms with Gasteiger partial charge in [-0.25, -0.2) is 5.43 Å². The number of hydrogen-bond acceptors (Lipinski definition) is 5. The highest BCUT2D eigenvalue weighted by molar-refractivity contribution is 6.34. The number of nitrogens with one attached hydrogen (secondary N) is 1. The van der Waals surface area contributed by atoms with E-state index in [2.05, 4.69) is 5.10 Å². The van der Waals surface area contributed by atoms with Crippen LogP contribution in [-0.2, 0) is 9.59 Å². The first-order valence-corrected chi connectivity index (χ1v) is 4.80. The molecule has 0 spiro atoms. The Balaban J connectivity index is 2.81. The number of hydrogen-bond donors (Lipinski definition) is 2. The van der Waals surface area contributed by atoms with Crippen LogP contribution < -0.4 is 11.2 Å². The molecule has 0 bridgehead atoms. The number of carbonyl (C=O) groups excluding carboxylic acids is 2. The molecule has 0 saturated heterocycles. The minimum absolute atomic E-state index is 0.0484. The van der Waals surface area contributed by atoms with E-state index >= 15 is 0 Å². The molecule has 0 aliphatic carbocycles. The summed E-state index contributed by atoms with van der Waals surface area (Å²) in [4.78, 5) is 31.2. The topological polar surface area (TPSA) is 128 Å². The summed E-state index contributed by atoms with van der Waals surface area (Å²) in [5, 5.41) is 14.1. The molecule has 1 rings (SSSR count). The number of hydrazone groups is 1. The lowest BCUT2D eigenvalue weighted by molar-refractivity contribution is -0.384. The van der Waals surface area contributed by atoms with Crippen LogP contribution in [0.2, 0.25) is 0 Å². The second-order valence-corrected chi connectivity index (χ2v) is 3.31. The molecule has 8 nitrogen and oxygen atoms in total. The number of nitrogens with two attached hydrogens (primary N) is 1. The molecular formula is C10H10N4O4. The zero-order valence-electron chi connectivity index (χ0n) is 9.41. The molecule has 0 saturated carbocycles. The van der Waals surface area contributed by atoms with Crippen LogP contribution >= 0.6 is 0 Å². The fourth-order valence-corrected chi connectivity index (χ4v) is 1.08. The van der Waals surface area contributed by atoms with E-state index in [1.165, 1.54) is 24.3 Å². The first-order chi connectivity index (χ1) is 8.41. The Morgan fingerprint density at radius 1 is 1.33 bits per heavy atom.